The van der Waals surface area contributed by atoms with Crippen molar-refractivity contribution in [3.05, 3.63) is 69.6 Å². The van der Waals surface area contributed by atoms with Crippen molar-refractivity contribution in [2.45, 2.75) is 39.2 Å². The van der Waals surface area contributed by atoms with Crippen molar-refractivity contribution in [1.82, 2.24) is 10.2 Å². The van der Waals surface area contributed by atoms with Crippen LogP contribution in [0.2, 0.25) is 0 Å². The first-order chi connectivity index (χ1) is 15.9. The summed E-state index contributed by atoms with van der Waals surface area (Å²) in [7, 11) is 0. The van der Waals surface area contributed by atoms with E-state index in [1.807, 2.05) is 19.1 Å². The number of carbonyl (C=O) groups excluding carboxylic acids is 1. The second kappa shape index (κ2) is 10.1. The maximum atomic E-state index is 12.4. The third-order valence-electron chi connectivity index (χ3n) is 6.41. The smallest absolute Gasteiger partial charge is 0.339 e. The Kier molecular flexibility index (Phi) is 6.99. The Hall–Kier alpha value is -3.32. The standard InChI is InChI=1S/C26H31N3O4/c1-17-18(2)26(31)33-24-16-22(8-9-23(17)24)32-15-3-12-29-13-10-21(11-14-29)28-25(30)19-4-6-20(27)7-5-19/h4-9,16,21H,3,10-15,27H2,1-2H3,(H,28,30). The topological polar surface area (TPSA) is 97.8 Å². The number of hydrogen-bond donors (Lipinski definition) is 2. The van der Waals surface area contributed by atoms with Gasteiger partial charge in [-0.05, 0) is 75.1 Å². The van der Waals surface area contributed by atoms with Crippen molar-refractivity contribution in [2.24, 2.45) is 0 Å². The van der Waals surface area contributed by atoms with Crippen LogP contribution in [-0.4, -0.2) is 43.1 Å². The van der Waals surface area contributed by atoms with Gasteiger partial charge in [0.05, 0.1) is 6.61 Å². The summed E-state index contributed by atoms with van der Waals surface area (Å²) < 4.78 is 11.3. The van der Waals surface area contributed by atoms with Crippen LogP contribution in [-0.2, 0) is 0 Å². The lowest BCUT2D eigenvalue weighted by Crippen LogP contribution is -2.45. The van der Waals surface area contributed by atoms with Crippen LogP contribution in [0.25, 0.3) is 11.0 Å². The summed E-state index contributed by atoms with van der Waals surface area (Å²) >= 11 is 0. The highest BCUT2D eigenvalue weighted by atomic mass is 16.5. The highest BCUT2D eigenvalue weighted by Crippen LogP contribution is 2.24. The molecule has 2 heterocycles. The number of rotatable bonds is 7. The average molecular weight is 450 g/mol. The zero-order valence-electron chi connectivity index (χ0n) is 19.2. The van der Waals surface area contributed by atoms with Gasteiger partial charge in [-0.3, -0.25) is 4.79 Å². The number of piperidine rings is 1. The van der Waals surface area contributed by atoms with Gasteiger partial charge in [0.1, 0.15) is 11.3 Å². The Labute approximate surface area is 193 Å². The fourth-order valence-electron chi connectivity index (χ4n) is 4.20. The van der Waals surface area contributed by atoms with E-state index in [-0.39, 0.29) is 17.6 Å². The number of anilines is 1. The van der Waals surface area contributed by atoms with Crippen molar-refractivity contribution in [3.8, 4) is 5.75 Å². The van der Waals surface area contributed by atoms with E-state index in [0.717, 1.165) is 49.8 Å². The van der Waals surface area contributed by atoms with Gasteiger partial charge in [0, 0.05) is 53.9 Å². The zero-order valence-corrected chi connectivity index (χ0v) is 19.2. The Bertz CT molecular complexity index is 1180. The molecule has 1 aromatic heterocycles. The molecule has 1 saturated heterocycles. The molecule has 0 atom stereocenters. The summed E-state index contributed by atoms with van der Waals surface area (Å²) in [4.78, 5) is 26.7. The number of likely N-dealkylation sites (tertiary alicyclic amines) is 1. The van der Waals surface area contributed by atoms with E-state index < -0.39 is 0 Å². The monoisotopic (exact) mass is 449 g/mol. The molecule has 0 bridgehead atoms. The summed E-state index contributed by atoms with van der Waals surface area (Å²) in [6.07, 6.45) is 2.77. The first-order valence-electron chi connectivity index (χ1n) is 11.5. The van der Waals surface area contributed by atoms with E-state index >= 15 is 0 Å². The van der Waals surface area contributed by atoms with Crippen LogP contribution in [0.4, 0.5) is 5.69 Å². The molecule has 174 valence electrons. The zero-order chi connectivity index (χ0) is 23.4. The minimum atomic E-state index is -0.301. The number of ether oxygens (including phenoxy) is 1. The minimum absolute atomic E-state index is 0.0431. The molecule has 0 radical (unpaired) electrons. The van der Waals surface area contributed by atoms with Crippen LogP contribution >= 0.6 is 0 Å². The number of nitrogens with two attached hydrogens (primary N) is 1. The summed E-state index contributed by atoms with van der Waals surface area (Å²) in [5.74, 6) is 0.663. The van der Waals surface area contributed by atoms with E-state index in [0.29, 0.717) is 34.8 Å². The van der Waals surface area contributed by atoms with Gasteiger partial charge in [-0.1, -0.05) is 0 Å². The van der Waals surface area contributed by atoms with Crippen LogP contribution in [0.15, 0.2) is 51.7 Å². The van der Waals surface area contributed by atoms with Gasteiger partial charge in [-0.2, -0.15) is 0 Å². The predicted molar refractivity (Wildman–Crippen MR) is 130 cm³/mol. The van der Waals surface area contributed by atoms with Gasteiger partial charge in [-0.25, -0.2) is 4.79 Å². The van der Waals surface area contributed by atoms with E-state index in [2.05, 4.69) is 10.2 Å². The fourth-order valence-corrected chi connectivity index (χ4v) is 4.20. The van der Waals surface area contributed by atoms with Gasteiger partial charge in [0.2, 0.25) is 0 Å². The lowest BCUT2D eigenvalue weighted by atomic mass is 10.0. The van der Waals surface area contributed by atoms with Crippen molar-refractivity contribution in [3.63, 3.8) is 0 Å². The average Bonchev–Trinajstić information content (AvgIpc) is 2.81. The SMILES string of the molecule is Cc1c(C)c2ccc(OCCCN3CCC(NC(=O)c4ccc(N)cc4)CC3)cc2oc1=O. The number of nitrogen functional groups attached to an aromatic ring is 1. The number of nitrogens with zero attached hydrogens (tertiary/aromatic N) is 1. The lowest BCUT2D eigenvalue weighted by Gasteiger charge is -2.32. The maximum Gasteiger partial charge on any atom is 0.339 e. The summed E-state index contributed by atoms with van der Waals surface area (Å²) in [6, 6.07) is 12.9. The molecule has 0 saturated carbocycles. The third-order valence-corrected chi connectivity index (χ3v) is 6.41. The third kappa shape index (κ3) is 5.54. The van der Waals surface area contributed by atoms with Crippen molar-refractivity contribution >= 4 is 22.6 Å². The normalized spacial score (nSPS) is 15.0. The Morgan fingerprint density at radius 2 is 1.85 bits per heavy atom. The molecule has 3 N–H and O–H groups in total. The van der Waals surface area contributed by atoms with Crippen LogP contribution in [0.1, 0.15) is 40.7 Å². The van der Waals surface area contributed by atoms with Crippen LogP contribution in [0.5, 0.6) is 5.75 Å². The number of hydrogen-bond acceptors (Lipinski definition) is 6. The first kappa shape index (κ1) is 22.9. The molecule has 1 amide bonds. The van der Waals surface area contributed by atoms with Crippen LogP contribution in [0.3, 0.4) is 0 Å². The number of nitrogens with one attached hydrogen (secondary N) is 1. The van der Waals surface area contributed by atoms with E-state index in [1.54, 1.807) is 37.3 Å². The molecule has 1 aliphatic heterocycles. The molecule has 0 spiro atoms. The number of amides is 1. The minimum Gasteiger partial charge on any atom is -0.493 e. The van der Waals surface area contributed by atoms with Crippen molar-refractivity contribution < 1.29 is 13.9 Å². The fraction of sp³-hybridized carbons (Fsp3) is 0.385. The summed E-state index contributed by atoms with van der Waals surface area (Å²) in [5.41, 5.74) is 8.83. The number of carbonyl (C=O) groups is 1. The second-order valence-corrected chi connectivity index (χ2v) is 8.71. The van der Waals surface area contributed by atoms with Crippen molar-refractivity contribution in [2.75, 3.05) is 32.0 Å². The van der Waals surface area contributed by atoms with Crippen LogP contribution in [0, 0.1) is 13.8 Å². The molecular formula is C26H31N3O4. The molecule has 2 aromatic carbocycles. The maximum absolute atomic E-state index is 12.4. The largest absolute Gasteiger partial charge is 0.493 e. The molecule has 1 aliphatic rings. The van der Waals surface area contributed by atoms with Gasteiger partial charge in [-0.15, -0.1) is 0 Å². The Morgan fingerprint density at radius 3 is 2.58 bits per heavy atom. The van der Waals surface area contributed by atoms with E-state index in [1.165, 1.54) is 0 Å². The quantitative estimate of drug-likeness (QED) is 0.325. The summed E-state index contributed by atoms with van der Waals surface area (Å²) in [5, 5.41) is 4.06. The number of aryl methyl sites for hydroxylation is 1. The molecule has 4 rings (SSSR count). The van der Waals surface area contributed by atoms with Gasteiger partial charge in [0.25, 0.3) is 5.91 Å². The lowest BCUT2D eigenvalue weighted by molar-refractivity contribution is 0.0909. The highest BCUT2D eigenvalue weighted by Gasteiger charge is 2.21. The predicted octanol–water partition coefficient (Wildman–Crippen LogP) is 3.66. The van der Waals surface area contributed by atoms with Gasteiger partial charge >= 0.3 is 5.63 Å². The van der Waals surface area contributed by atoms with E-state index in [4.69, 9.17) is 14.9 Å². The Balaban J connectivity index is 1.19. The molecule has 3 aromatic rings. The number of benzene rings is 2. The van der Waals surface area contributed by atoms with Gasteiger partial charge in [0.15, 0.2) is 0 Å². The van der Waals surface area contributed by atoms with Crippen molar-refractivity contribution in [1.29, 1.82) is 0 Å². The van der Waals surface area contributed by atoms with Gasteiger partial charge < -0.3 is 25.1 Å². The first-order valence-corrected chi connectivity index (χ1v) is 11.5. The molecule has 7 heteroatoms. The van der Waals surface area contributed by atoms with Crippen LogP contribution < -0.4 is 21.4 Å². The second-order valence-electron chi connectivity index (χ2n) is 8.71. The Morgan fingerprint density at radius 1 is 1.12 bits per heavy atom. The van der Waals surface area contributed by atoms with E-state index in [9.17, 15) is 9.59 Å². The molecule has 33 heavy (non-hydrogen) atoms. The summed E-state index contributed by atoms with van der Waals surface area (Å²) in [6.45, 7) is 7.15. The highest BCUT2D eigenvalue weighted by molar-refractivity contribution is 5.94. The molecule has 7 nitrogen and oxygen atoms in total. The number of fused-ring (bicyclic) bond motifs is 1. The molecule has 0 aliphatic carbocycles. The molecule has 1 fully saturated rings. The molecule has 0 unspecified atom stereocenters. The molecular weight excluding hydrogens is 418 g/mol.